The summed E-state index contributed by atoms with van der Waals surface area (Å²) in [4.78, 5) is 17.8. The van der Waals surface area contributed by atoms with Crippen molar-refractivity contribution >= 4 is 11.5 Å². The number of ketones is 1. The molecule has 0 radical (unpaired) electrons. The van der Waals surface area contributed by atoms with Gasteiger partial charge in [0.25, 0.3) is 0 Å². The van der Waals surface area contributed by atoms with Gasteiger partial charge in [-0.05, 0) is 37.3 Å². The van der Waals surface area contributed by atoms with Crippen molar-refractivity contribution in [1.82, 2.24) is 4.90 Å². The summed E-state index contributed by atoms with van der Waals surface area (Å²) in [7, 11) is 0. The minimum absolute atomic E-state index is 0.320. The van der Waals surface area contributed by atoms with E-state index < -0.39 is 0 Å². The van der Waals surface area contributed by atoms with Crippen molar-refractivity contribution in [2.24, 2.45) is 17.8 Å². The molecule has 1 aromatic carbocycles. The number of fused-ring (bicyclic) bond motifs is 2. The van der Waals surface area contributed by atoms with Crippen LogP contribution in [0.25, 0.3) is 0 Å². The molecule has 124 valence electrons. The summed E-state index contributed by atoms with van der Waals surface area (Å²) < 4.78 is 0. The van der Waals surface area contributed by atoms with Crippen LogP contribution in [0.5, 0.6) is 0 Å². The lowest BCUT2D eigenvalue weighted by molar-refractivity contribution is -0.138. The lowest BCUT2D eigenvalue weighted by Gasteiger charge is -2.50. The van der Waals surface area contributed by atoms with Crippen molar-refractivity contribution in [2.45, 2.75) is 38.6 Å². The first-order valence-electron chi connectivity index (χ1n) is 9.32. The second-order valence-electron chi connectivity index (χ2n) is 7.70. The molecule has 2 saturated carbocycles. The Balaban J connectivity index is 1.44. The van der Waals surface area contributed by atoms with Gasteiger partial charge < -0.3 is 4.90 Å². The minimum atomic E-state index is 0.320. The molecule has 3 aliphatic rings. The monoisotopic (exact) mass is 312 g/mol. The van der Waals surface area contributed by atoms with Crippen molar-refractivity contribution in [1.29, 1.82) is 0 Å². The van der Waals surface area contributed by atoms with E-state index in [9.17, 15) is 4.79 Å². The third-order valence-electron chi connectivity index (χ3n) is 6.34. The summed E-state index contributed by atoms with van der Waals surface area (Å²) in [6.07, 6.45) is 4.66. The van der Waals surface area contributed by atoms with Gasteiger partial charge in [-0.2, -0.15) is 0 Å². The first kappa shape index (κ1) is 15.2. The van der Waals surface area contributed by atoms with E-state index in [1.807, 2.05) is 0 Å². The number of benzene rings is 1. The number of Topliss-reactive ketones (excluding diaryl/α,β-unsaturated/α-hetero) is 1. The highest BCUT2D eigenvalue weighted by molar-refractivity contribution is 5.85. The molecule has 4 atom stereocenters. The van der Waals surface area contributed by atoms with E-state index in [0.29, 0.717) is 29.6 Å². The van der Waals surface area contributed by atoms with Crippen LogP contribution in [0.4, 0.5) is 5.69 Å². The van der Waals surface area contributed by atoms with E-state index in [1.54, 1.807) is 0 Å². The highest BCUT2D eigenvalue weighted by Crippen LogP contribution is 2.42. The SMILES string of the molecule is CC1CC2CCCC(C2=O)C1N1CCN(c2ccccc2)CC1. The third kappa shape index (κ3) is 2.80. The number of carbonyl (C=O) groups excluding carboxylic acids is 1. The van der Waals surface area contributed by atoms with Gasteiger partial charge in [-0.3, -0.25) is 9.69 Å². The van der Waals surface area contributed by atoms with Crippen LogP contribution in [0, 0.1) is 17.8 Å². The Morgan fingerprint density at radius 1 is 1.00 bits per heavy atom. The molecule has 2 bridgehead atoms. The Morgan fingerprint density at radius 2 is 1.74 bits per heavy atom. The van der Waals surface area contributed by atoms with E-state index in [0.717, 1.165) is 45.4 Å². The Labute approximate surface area is 139 Å². The Hall–Kier alpha value is -1.35. The van der Waals surface area contributed by atoms with Gasteiger partial charge in [-0.15, -0.1) is 0 Å². The largest absolute Gasteiger partial charge is 0.369 e. The molecular weight excluding hydrogens is 284 g/mol. The maximum atomic E-state index is 12.7. The van der Waals surface area contributed by atoms with Gasteiger partial charge in [0.15, 0.2) is 0 Å². The molecule has 4 unspecified atom stereocenters. The van der Waals surface area contributed by atoms with Gasteiger partial charge in [-0.1, -0.05) is 31.5 Å². The fraction of sp³-hybridized carbons (Fsp3) is 0.650. The van der Waals surface area contributed by atoms with Crippen LogP contribution in [0.15, 0.2) is 30.3 Å². The van der Waals surface area contributed by atoms with Crippen LogP contribution in [-0.4, -0.2) is 42.9 Å². The molecule has 4 rings (SSSR count). The molecule has 1 aliphatic heterocycles. The fourth-order valence-electron chi connectivity index (χ4n) is 5.26. The average molecular weight is 312 g/mol. The lowest BCUT2D eigenvalue weighted by atomic mass is 9.64. The van der Waals surface area contributed by atoms with Crippen molar-refractivity contribution < 1.29 is 4.79 Å². The highest BCUT2D eigenvalue weighted by Gasteiger charge is 2.46. The number of hydrogen-bond acceptors (Lipinski definition) is 3. The molecule has 2 aliphatic carbocycles. The number of para-hydroxylation sites is 1. The number of hydrogen-bond donors (Lipinski definition) is 0. The van der Waals surface area contributed by atoms with Crippen LogP contribution < -0.4 is 4.90 Å². The number of anilines is 1. The zero-order valence-electron chi connectivity index (χ0n) is 14.2. The molecule has 3 fully saturated rings. The van der Waals surface area contributed by atoms with E-state index in [-0.39, 0.29) is 0 Å². The number of rotatable bonds is 2. The van der Waals surface area contributed by atoms with Crippen LogP contribution in [0.3, 0.4) is 0 Å². The first-order valence-corrected chi connectivity index (χ1v) is 9.32. The predicted octanol–water partition coefficient (Wildman–Crippen LogP) is 3.20. The first-order chi connectivity index (χ1) is 11.2. The minimum Gasteiger partial charge on any atom is -0.369 e. The van der Waals surface area contributed by atoms with E-state index in [4.69, 9.17) is 0 Å². The third-order valence-corrected chi connectivity index (χ3v) is 6.34. The van der Waals surface area contributed by atoms with Crippen LogP contribution in [0.2, 0.25) is 0 Å². The van der Waals surface area contributed by atoms with Gasteiger partial charge in [-0.25, -0.2) is 0 Å². The molecule has 1 aromatic rings. The van der Waals surface area contributed by atoms with Crippen LogP contribution >= 0.6 is 0 Å². The number of carbonyl (C=O) groups is 1. The summed E-state index contributed by atoms with van der Waals surface area (Å²) in [5, 5.41) is 0. The normalized spacial score (nSPS) is 35.3. The smallest absolute Gasteiger partial charge is 0.140 e. The topological polar surface area (TPSA) is 23.6 Å². The Bertz CT molecular complexity index is 550. The molecule has 0 spiro atoms. The van der Waals surface area contributed by atoms with Crippen molar-refractivity contribution in [3.05, 3.63) is 30.3 Å². The lowest BCUT2D eigenvalue weighted by Crippen LogP contribution is -2.59. The van der Waals surface area contributed by atoms with Gasteiger partial charge in [0, 0.05) is 49.7 Å². The van der Waals surface area contributed by atoms with Crippen LogP contribution in [-0.2, 0) is 4.79 Å². The average Bonchev–Trinajstić information content (AvgIpc) is 2.58. The fourth-order valence-corrected chi connectivity index (χ4v) is 5.26. The number of nitrogens with zero attached hydrogens (tertiary/aromatic N) is 2. The zero-order valence-corrected chi connectivity index (χ0v) is 14.2. The van der Waals surface area contributed by atoms with E-state index in [1.165, 1.54) is 12.1 Å². The van der Waals surface area contributed by atoms with E-state index >= 15 is 0 Å². The molecule has 0 N–H and O–H groups in total. The second-order valence-corrected chi connectivity index (χ2v) is 7.70. The van der Waals surface area contributed by atoms with Gasteiger partial charge in [0.05, 0.1) is 0 Å². The summed E-state index contributed by atoms with van der Waals surface area (Å²) in [6, 6.07) is 11.2. The molecule has 3 nitrogen and oxygen atoms in total. The van der Waals surface area contributed by atoms with Crippen molar-refractivity contribution in [3.8, 4) is 0 Å². The second kappa shape index (κ2) is 6.27. The highest BCUT2D eigenvalue weighted by atomic mass is 16.1. The molecular formula is C20H28N2O. The van der Waals surface area contributed by atoms with E-state index in [2.05, 4.69) is 47.1 Å². The maximum Gasteiger partial charge on any atom is 0.140 e. The number of piperazine rings is 1. The predicted molar refractivity (Wildman–Crippen MR) is 93.6 cm³/mol. The van der Waals surface area contributed by atoms with Crippen LogP contribution in [0.1, 0.15) is 32.6 Å². The molecule has 3 heteroatoms. The quantitative estimate of drug-likeness (QED) is 0.838. The standard InChI is InChI=1S/C20H28N2O/c1-15-14-16-6-5-9-18(20(16)23)19(15)22-12-10-21(11-13-22)17-7-3-2-4-8-17/h2-4,7-8,15-16,18-19H,5-6,9-14H2,1H3. The molecule has 0 amide bonds. The summed E-state index contributed by atoms with van der Waals surface area (Å²) in [5.74, 6) is 1.96. The summed E-state index contributed by atoms with van der Waals surface area (Å²) in [6.45, 7) is 6.73. The molecule has 0 aromatic heterocycles. The zero-order chi connectivity index (χ0) is 15.8. The Kier molecular flexibility index (Phi) is 4.14. The van der Waals surface area contributed by atoms with Gasteiger partial charge >= 0.3 is 0 Å². The van der Waals surface area contributed by atoms with Gasteiger partial charge in [0.2, 0.25) is 0 Å². The molecule has 1 saturated heterocycles. The summed E-state index contributed by atoms with van der Waals surface area (Å²) >= 11 is 0. The van der Waals surface area contributed by atoms with Crippen molar-refractivity contribution in [2.75, 3.05) is 31.1 Å². The summed E-state index contributed by atoms with van der Waals surface area (Å²) in [5.41, 5.74) is 1.33. The maximum absolute atomic E-state index is 12.7. The van der Waals surface area contributed by atoms with Gasteiger partial charge in [0.1, 0.15) is 5.78 Å². The van der Waals surface area contributed by atoms with Crippen molar-refractivity contribution in [3.63, 3.8) is 0 Å². The molecule has 23 heavy (non-hydrogen) atoms. The Morgan fingerprint density at radius 3 is 2.48 bits per heavy atom. The molecule has 1 heterocycles.